The standard InChI is InChI=1S/C16H14F3N3O/c1-23-9-5-11(18)10(12(19)6-9)7-13(20)16-21-14-3-2-8(17)4-15(14)22-16/h2-6,13H,7,20H2,1H3,(H,21,22). The van der Waals surface area contributed by atoms with E-state index in [1.54, 1.807) is 0 Å². The highest BCUT2D eigenvalue weighted by Crippen LogP contribution is 2.25. The highest BCUT2D eigenvalue weighted by molar-refractivity contribution is 5.75. The number of ether oxygens (including phenoxy) is 1. The number of nitrogens with one attached hydrogen (secondary N) is 1. The summed E-state index contributed by atoms with van der Waals surface area (Å²) in [4.78, 5) is 7.10. The number of methoxy groups -OCH3 is 1. The number of benzene rings is 2. The molecule has 0 amide bonds. The molecule has 4 nitrogen and oxygen atoms in total. The van der Waals surface area contributed by atoms with Crippen molar-refractivity contribution in [2.24, 2.45) is 5.73 Å². The Hall–Kier alpha value is -2.54. The fraction of sp³-hybridized carbons (Fsp3) is 0.188. The zero-order valence-electron chi connectivity index (χ0n) is 12.2. The third-order valence-electron chi connectivity index (χ3n) is 3.59. The first-order chi connectivity index (χ1) is 11.0. The van der Waals surface area contributed by atoms with E-state index < -0.39 is 23.5 Å². The Balaban J connectivity index is 1.90. The van der Waals surface area contributed by atoms with E-state index in [4.69, 9.17) is 10.5 Å². The van der Waals surface area contributed by atoms with Crippen LogP contribution in [0, 0.1) is 17.5 Å². The van der Waals surface area contributed by atoms with E-state index in [2.05, 4.69) is 9.97 Å². The van der Waals surface area contributed by atoms with Gasteiger partial charge < -0.3 is 15.5 Å². The molecule has 3 N–H and O–H groups in total. The van der Waals surface area contributed by atoms with Gasteiger partial charge in [0.1, 0.15) is 29.0 Å². The van der Waals surface area contributed by atoms with Gasteiger partial charge in [-0.25, -0.2) is 18.2 Å². The van der Waals surface area contributed by atoms with Crippen LogP contribution in [0.2, 0.25) is 0 Å². The Bertz CT molecular complexity index is 840. The summed E-state index contributed by atoms with van der Waals surface area (Å²) in [5.74, 6) is -1.47. The predicted octanol–water partition coefficient (Wildman–Crippen LogP) is 3.23. The van der Waals surface area contributed by atoms with Crippen molar-refractivity contribution in [3.05, 3.63) is 59.2 Å². The number of hydrogen-bond acceptors (Lipinski definition) is 3. The van der Waals surface area contributed by atoms with Crippen molar-refractivity contribution < 1.29 is 17.9 Å². The van der Waals surface area contributed by atoms with Crippen LogP contribution in [-0.2, 0) is 6.42 Å². The van der Waals surface area contributed by atoms with Crippen LogP contribution >= 0.6 is 0 Å². The predicted molar refractivity (Wildman–Crippen MR) is 79.6 cm³/mol. The SMILES string of the molecule is COc1cc(F)c(CC(N)c2nc3cc(F)ccc3[nH]2)c(F)c1. The van der Waals surface area contributed by atoms with Gasteiger partial charge in [-0.15, -0.1) is 0 Å². The van der Waals surface area contributed by atoms with E-state index in [9.17, 15) is 13.2 Å². The van der Waals surface area contributed by atoms with E-state index in [1.807, 2.05) is 0 Å². The Kier molecular flexibility index (Phi) is 3.96. The van der Waals surface area contributed by atoms with Crippen LogP contribution in [0.15, 0.2) is 30.3 Å². The van der Waals surface area contributed by atoms with Gasteiger partial charge >= 0.3 is 0 Å². The summed E-state index contributed by atoms with van der Waals surface area (Å²) in [6.45, 7) is 0. The number of hydrogen-bond donors (Lipinski definition) is 2. The first-order valence-corrected chi connectivity index (χ1v) is 6.90. The van der Waals surface area contributed by atoms with Crippen molar-refractivity contribution in [3.8, 4) is 5.75 Å². The van der Waals surface area contributed by atoms with E-state index in [0.29, 0.717) is 16.9 Å². The second-order valence-electron chi connectivity index (χ2n) is 5.16. The van der Waals surface area contributed by atoms with E-state index in [1.165, 1.54) is 25.3 Å². The van der Waals surface area contributed by atoms with Gasteiger partial charge in [-0.3, -0.25) is 0 Å². The fourth-order valence-corrected chi connectivity index (χ4v) is 2.38. The van der Waals surface area contributed by atoms with Crippen LogP contribution in [0.3, 0.4) is 0 Å². The van der Waals surface area contributed by atoms with Gasteiger partial charge in [0, 0.05) is 30.2 Å². The third-order valence-corrected chi connectivity index (χ3v) is 3.59. The topological polar surface area (TPSA) is 63.9 Å². The van der Waals surface area contributed by atoms with Gasteiger partial charge in [0.05, 0.1) is 24.2 Å². The van der Waals surface area contributed by atoms with Gasteiger partial charge in [-0.2, -0.15) is 0 Å². The molecule has 3 aromatic rings. The molecule has 7 heteroatoms. The molecule has 1 aromatic heterocycles. The molecule has 120 valence electrons. The lowest BCUT2D eigenvalue weighted by Gasteiger charge is -2.11. The van der Waals surface area contributed by atoms with Gasteiger partial charge in [0.15, 0.2) is 0 Å². The molecule has 0 fully saturated rings. The minimum absolute atomic E-state index is 0.0933. The molecular formula is C16H14F3N3O. The maximum Gasteiger partial charge on any atom is 0.133 e. The molecule has 0 radical (unpaired) electrons. The monoisotopic (exact) mass is 321 g/mol. The van der Waals surface area contributed by atoms with E-state index in [-0.39, 0.29) is 17.7 Å². The Morgan fingerprint density at radius 1 is 1.17 bits per heavy atom. The molecule has 0 saturated heterocycles. The molecule has 0 aliphatic heterocycles. The van der Waals surface area contributed by atoms with E-state index >= 15 is 0 Å². The molecule has 1 heterocycles. The molecule has 0 aliphatic carbocycles. The number of fused-ring (bicyclic) bond motifs is 1. The smallest absolute Gasteiger partial charge is 0.133 e. The normalized spacial score (nSPS) is 12.6. The number of halogens is 3. The number of H-pyrrole nitrogens is 1. The molecule has 2 aromatic carbocycles. The van der Waals surface area contributed by atoms with Crippen LogP contribution < -0.4 is 10.5 Å². The highest BCUT2D eigenvalue weighted by Gasteiger charge is 2.18. The zero-order chi connectivity index (χ0) is 16.6. The summed E-state index contributed by atoms with van der Waals surface area (Å²) in [6.07, 6.45) is -0.0933. The summed E-state index contributed by atoms with van der Waals surface area (Å²) >= 11 is 0. The number of aromatic nitrogens is 2. The molecule has 0 aliphatic rings. The molecular weight excluding hydrogens is 307 g/mol. The number of rotatable bonds is 4. The van der Waals surface area contributed by atoms with Gasteiger partial charge in [-0.05, 0) is 12.1 Å². The summed E-state index contributed by atoms with van der Waals surface area (Å²) in [6, 6.07) is 5.51. The Morgan fingerprint density at radius 3 is 2.52 bits per heavy atom. The van der Waals surface area contributed by atoms with Crippen molar-refractivity contribution in [3.63, 3.8) is 0 Å². The van der Waals surface area contributed by atoms with Crippen molar-refractivity contribution in [2.45, 2.75) is 12.5 Å². The third kappa shape index (κ3) is 3.00. The lowest BCUT2D eigenvalue weighted by atomic mass is 10.0. The first-order valence-electron chi connectivity index (χ1n) is 6.90. The largest absolute Gasteiger partial charge is 0.497 e. The van der Waals surface area contributed by atoms with Crippen molar-refractivity contribution in [2.75, 3.05) is 7.11 Å². The molecule has 1 unspecified atom stereocenters. The van der Waals surface area contributed by atoms with E-state index in [0.717, 1.165) is 12.1 Å². The highest BCUT2D eigenvalue weighted by atomic mass is 19.1. The van der Waals surface area contributed by atoms with Crippen LogP contribution in [0.4, 0.5) is 13.2 Å². The molecule has 0 bridgehead atoms. The second-order valence-corrected chi connectivity index (χ2v) is 5.16. The average molecular weight is 321 g/mol. The number of nitrogens with two attached hydrogens (primary N) is 1. The maximum atomic E-state index is 14.0. The van der Waals surface area contributed by atoms with Gasteiger partial charge in [0.2, 0.25) is 0 Å². The molecule has 1 atom stereocenters. The average Bonchev–Trinajstić information content (AvgIpc) is 2.93. The van der Waals surface area contributed by atoms with Gasteiger partial charge in [0.25, 0.3) is 0 Å². The number of aromatic amines is 1. The molecule has 0 saturated carbocycles. The maximum absolute atomic E-state index is 14.0. The minimum Gasteiger partial charge on any atom is -0.497 e. The number of imidazole rings is 1. The zero-order valence-corrected chi connectivity index (χ0v) is 12.2. The fourth-order valence-electron chi connectivity index (χ4n) is 2.38. The van der Waals surface area contributed by atoms with Crippen LogP contribution in [0.5, 0.6) is 5.75 Å². The lowest BCUT2D eigenvalue weighted by molar-refractivity contribution is 0.404. The summed E-state index contributed by atoms with van der Waals surface area (Å²) in [5, 5.41) is 0. The van der Waals surface area contributed by atoms with Crippen molar-refractivity contribution in [1.82, 2.24) is 9.97 Å². The second kappa shape index (κ2) is 5.92. The summed E-state index contributed by atoms with van der Waals surface area (Å²) < 4.78 is 45.9. The minimum atomic E-state index is -0.761. The Morgan fingerprint density at radius 2 is 1.87 bits per heavy atom. The quantitative estimate of drug-likeness (QED) is 0.775. The first kappa shape index (κ1) is 15.4. The van der Waals surface area contributed by atoms with Crippen molar-refractivity contribution >= 4 is 11.0 Å². The summed E-state index contributed by atoms with van der Waals surface area (Å²) in [5.41, 5.74) is 6.85. The van der Waals surface area contributed by atoms with Crippen LogP contribution in [-0.4, -0.2) is 17.1 Å². The van der Waals surface area contributed by atoms with Crippen molar-refractivity contribution in [1.29, 1.82) is 0 Å². The molecule has 0 spiro atoms. The molecule has 3 rings (SSSR count). The number of nitrogens with zero attached hydrogens (tertiary/aromatic N) is 1. The summed E-state index contributed by atoms with van der Waals surface area (Å²) in [7, 11) is 1.33. The lowest BCUT2D eigenvalue weighted by Crippen LogP contribution is -2.16. The van der Waals surface area contributed by atoms with Crippen LogP contribution in [0.25, 0.3) is 11.0 Å². The van der Waals surface area contributed by atoms with Gasteiger partial charge in [-0.1, -0.05) is 0 Å². The Labute approximate surface area is 130 Å². The van der Waals surface area contributed by atoms with Crippen LogP contribution in [0.1, 0.15) is 17.4 Å². The molecule has 23 heavy (non-hydrogen) atoms.